The molecule has 1 amide bonds. The molecule has 0 radical (unpaired) electrons. The second-order valence-electron chi connectivity index (χ2n) is 5.67. The molecule has 2 aromatic carbocycles. The average Bonchev–Trinajstić information content (AvgIpc) is 3.09. The fourth-order valence-electron chi connectivity index (χ4n) is 2.87. The van der Waals surface area contributed by atoms with Crippen LogP contribution in [-0.2, 0) is 17.8 Å². The molecule has 132 valence electrons. The summed E-state index contributed by atoms with van der Waals surface area (Å²) in [5, 5.41) is 2.90. The number of hydrogen-bond acceptors (Lipinski definition) is 5. The number of nitrogens with one attached hydrogen (secondary N) is 1. The summed E-state index contributed by atoms with van der Waals surface area (Å²) in [6.45, 7) is 0.339. The van der Waals surface area contributed by atoms with Gasteiger partial charge >= 0.3 is 0 Å². The average molecular weight is 343 g/mol. The topological polar surface area (TPSA) is 66.0 Å². The zero-order valence-corrected chi connectivity index (χ0v) is 14.5. The van der Waals surface area contributed by atoms with Crippen LogP contribution in [0.4, 0.5) is 0 Å². The fourth-order valence-corrected chi connectivity index (χ4v) is 2.87. The van der Waals surface area contributed by atoms with Crippen LogP contribution < -0.4 is 24.3 Å². The van der Waals surface area contributed by atoms with E-state index in [0.29, 0.717) is 30.2 Å². The summed E-state index contributed by atoms with van der Waals surface area (Å²) >= 11 is 0. The molecular formula is C19H21NO5. The van der Waals surface area contributed by atoms with Gasteiger partial charge in [0, 0.05) is 13.0 Å². The third kappa shape index (κ3) is 3.47. The van der Waals surface area contributed by atoms with Gasteiger partial charge in [-0.05, 0) is 29.3 Å². The molecule has 1 aliphatic rings. The van der Waals surface area contributed by atoms with Crippen molar-refractivity contribution in [2.45, 2.75) is 19.1 Å². The predicted octanol–water partition coefficient (Wildman–Crippen LogP) is 2.33. The Morgan fingerprint density at radius 1 is 1.12 bits per heavy atom. The van der Waals surface area contributed by atoms with Crippen molar-refractivity contribution in [2.75, 3.05) is 21.3 Å². The zero-order chi connectivity index (χ0) is 17.8. The number of methoxy groups -OCH3 is 3. The Hall–Kier alpha value is -2.89. The molecule has 0 saturated heterocycles. The van der Waals surface area contributed by atoms with Gasteiger partial charge in [0.2, 0.25) is 5.75 Å². The summed E-state index contributed by atoms with van der Waals surface area (Å²) in [5.41, 5.74) is 1.90. The van der Waals surface area contributed by atoms with E-state index in [0.717, 1.165) is 16.9 Å². The molecule has 0 spiro atoms. The molecule has 0 fully saturated rings. The molecule has 1 heterocycles. The van der Waals surface area contributed by atoms with Gasteiger partial charge in [0.25, 0.3) is 5.91 Å². The van der Waals surface area contributed by atoms with E-state index < -0.39 is 6.10 Å². The van der Waals surface area contributed by atoms with Crippen molar-refractivity contribution in [3.05, 3.63) is 47.5 Å². The largest absolute Gasteiger partial charge is 0.493 e. The molecule has 0 saturated carbocycles. The monoisotopic (exact) mass is 343 g/mol. The van der Waals surface area contributed by atoms with Gasteiger partial charge in [-0.15, -0.1) is 0 Å². The molecule has 3 rings (SSSR count). The van der Waals surface area contributed by atoms with E-state index in [4.69, 9.17) is 18.9 Å². The highest BCUT2D eigenvalue weighted by atomic mass is 16.5. The molecule has 0 bridgehead atoms. The highest BCUT2D eigenvalue weighted by molar-refractivity contribution is 5.82. The summed E-state index contributed by atoms with van der Waals surface area (Å²) < 4.78 is 21.7. The van der Waals surface area contributed by atoms with Crippen molar-refractivity contribution in [1.29, 1.82) is 0 Å². The lowest BCUT2D eigenvalue weighted by molar-refractivity contribution is -0.127. The van der Waals surface area contributed by atoms with Crippen LogP contribution in [0.15, 0.2) is 36.4 Å². The van der Waals surface area contributed by atoms with Gasteiger partial charge in [0.1, 0.15) is 5.75 Å². The van der Waals surface area contributed by atoms with E-state index in [1.807, 2.05) is 36.4 Å². The normalized spacial score (nSPS) is 15.1. The minimum Gasteiger partial charge on any atom is -0.493 e. The smallest absolute Gasteiger partial charge is 0.261 e. The van der Waals surface area contributed by atoms with Gasteiger partial charge in [-0.25, -0.2) is 0 Å². The first-order chi connectivity index (χ1) is 12.2. The summed E-state index contributed by atoms with van der Waals surface area (Å²) in [5.74, 6) is 2.25. The number of carbonyl (C=O) groups excluding carboxylic acids is 1. The van der Waals surface area contributed by atoms with Crippen LogP contribution in [0, 0.1) is 0 Å². The van der Waals surface area contributed by atoms with Crippen molar-refractivity contribution in [2.24, 2.45) is 0 Å². The standard InChI is InChI=1S/C19H21NO5/c1-22-15-8-12(9-16(23-2)18(15)24-3)11-20-19(21)17-10-13-6-4-5-7-14(13)25-17/h4-9,17H,10-11H2,1-3H3,(H,20,21)/t17-/m0/s1. The second-order valence-corrected chi connectivity index (χ2v) is 5.67. The molecule has 1 aliphatic heterocycles. The van der Waals surface area contributed by atoms with Crippen LogP contribution in [-0.4, -0.2) is 33.3 Å². The van der Waals surface area contributed by atoms with Gasteiger partial charge in [-0.1, -0.05) is 18.2 Å². The number of carbonyl (C=O) groups is 1. The van der Waals surface area contributed by atoms with Crippen molar-refractivity contribution < 1.29 is 23.7 Å². The van der Waals surface area contributed by atoms with Crippen molar-refractivity contribution >= 4 is 5.91 Å². The number of para-hydroxylation sites is 1. The maximum Gasteiger partial charge on any atom is 0.261 e. The Bertz CT molecular complexity index is 724. The van der Waals surface area contributed by atoms with Crippen LogP contribution >= 0.6 is 0 Å². The maximum absolute atomic E-state index is 12.4. The summed E-state index contributed by atoms with van der Waals surface area (Å²) in [4.78, 5) is 12.4. The minimum absolute atomic E-state index is 0.148. The van der Waals surface area contributed by atoms with E-state index in [-0.39, 0.29) is 5.91 Å². The second kappa shape index (κ2) is 7.34. The molecule has 1 N–H and O–H groups in total. The lowest BCUT2D eigenvalue weighted by Gasteiger charge is -2.15. The molecule has 6 heteroatoms. The van der Waals surface area contributed by atoms with Gasteiger partial charge in [-0.3, -0.25) is 4.79 Å². The van der Waals surface area contributed by atoms with E-state index in [9.17, 15) is 4.79 Å². The lowest BCUT2D eigenvalue weighted by Crippen LogP contribution is -2.37. The molecular weight excluding hydrogens is 322 g/mol. The third-order valence-electron chi connectivity index (χ3n) is 4.13. The van der Waals surface area contributed by atoms with Crippen LogP contribution in [0.5, 0.6) is 23.0 Å². The Labute approximate surface area is 146 Å². The number of rotatable bonds is 6. The van der Waals surface area contributed by atoms with Crippen LogP contribution in [0.3, 0.4) is 0 Å². The maximum atomic E-state index is 12.4. The molecule has 0 aliphatic carbocycles. The highest BCUT2D eigenvalue weighted by Gasteiger charge is 2.28. The Morgan fingerprint density at radius 2 is 1.80 bits per heavy atom. The third-order valence-corrected chi connectivity index (χ3v) is 4.13. The first kappa shape index (κ1) is 17.0. The SMILES string of the molecule is COc1cc(CNC(=O)[C@@H]2Cc3ccccc3O2)cc(OC)c1OC. The Balaban J connectivity index is 1.67. The van der Waals surface area contributed by atoms with Crippen LogP contribution in [0.1, 0.15) is 11.1 Å². The summed E-state index contributed by atoms with van der Waals surface area (Å²) in [7, 11) is 4.67. The van der Waals surface area contributed by atoms with E-state index in [1.165, 1.54) is 0 Å². The van der Waals surface area contributed by atoms with Gasteiger partial charge in [0.15, 0.2) is 17.6 Å². The zero-order valence-electron chi connectivity index (χ0n) is 14.5. The number of hydrogen-bond donors (Lipinski definition) is 1. The number of amides is 1. The van der Waals surface area contributed by atoms with E-state index in [1.54, 1.807) is 21.3 Å². The van der Waals surface area contributed by atoms with E-state index >= 15 is 0 Å². The Morgan fingerprint density at radius 3 is 2.40 bits per heavy atom. The van der Waals surface area contributed by atoms with Gasteiger partial charge in [0.05, 0.1) is 21.3 Å². The lowest BCUT2D eigenvalue weighted by atomic mass is 10.1. The number of ether oxygens (including phenoxy) is 4. The highest BCUT2D eigenvalue weighted by Crippen LogP contribution is 2.38. The summed E-state index contributed by atoms with van der Waals surface area (Å²) in [6, 6.07) is 11.3. The molecule has 1 atom stereocenters. The van der Waals surface area contributed by atoms with Crippen LogP contribution in [0.25, 0.3) is 0 Å². The fraction of sp³-hybridized carbons (Fsp3) is 0.316. The van der Waals surface area contributed by atoms with Crippen molar-refractivity contribution in [3.63, 3.8) is 0 Å². The number of benzene rings is 2. The first-order valence-electron chi connectivity index (χ1n) is 7.97. The van der Waals surface area contributed by atoms with Crippen molar-refractivity contribution in [1.82, 2.24) is 5.32 Å². The molecule has 2 aromatic rings. The van der Waals surface area contributed by atoms with Gasteiger partial charge < -0.3 is 24.3 Å². The summed E-state index contributed by atoms with van der Waals surface area (Å²) in [6.07, 6.45) is 0.0801. The number of fused-ring (bicyclic) bond motifs is 1. The molecule has 0 unspecified atom stereocenters. The molecule has 25 heavy (non-hydrogen) atoms. The van der Waals surface area contributed by atoms with Crippen molar-refractivity contribution in [3.8, 4) is 23.0 Å². The van der Waals surface area contributed by atoms with Crippen LogP contribution in [0.2, 0.25) is 0 Å². The molecule has 0 aromatic heterocycles. The van der Waals surface area contributed by atoms with E-state index in [2.05, 4.69) is 5.32 Å². The first-order valence-corrected chi connectivity index (χ1v) is 7.97. The Kier molecular flexibility index (Phi) is 4.97. The van der Waals surface area contributed by atoms with Gasteiger partial charge in [-0.2, -0.15) is 0 Å². The minimum atomic E-state index is -0.501. The quantitative estimate of drug-likeness (QED) is 0.872. The predicted molar refractivity (Wildman–Crippen MR) is 92.5 cm³/mol. The molecule has 6 nitrogen and oxygen atoms in total.